The quantitative estimate of drug-likeness (QED) is 0.0882. The third-order valence-electron chi connectivity index (χ3n) is 6.69. The van der Waals surface area contributed by atoms with Crippen molar-refractivity contribution in [3.63, 3.8) is 0 Å². The predicted octanol–water partition coefficient (Wildman–Crippen LogP) is 5.91. The zero-order valence-electron chi connectivity index (χ0n) is 22.3. The zero-order chi connectivity index (χ0) is 28.2. The van der Waals surface area contributed by atoms with E-state index in [-0.39, 0.29) is 31.1 Å². The van der Waals surface area contributed by atoms with Gasteiger partial charge in [0.1, 0.15) is 0 Å². The van der Waals surface area contributed by atoms with Gasteiger partial charge in [0, 0.05) is 41.2 Å². The lowest BCUT2D eigenvalue weighted by Gasteiger charge is -2.36. The minimum Gasteiger partial charge on any atom is -0.392 e. The second-order valence-corrected chi connectivity index (χ2v) is 10.8. The summed E-state index contributed by atoms with van der Waals surface area (Å²) < 4.78 is 12.8. The van der Waals surface area contributed by atoms with Crippen molar-refractivity contribution in [2.24, 2.45) is 0 Å². The summed E-state index contributed by atoms with van der Waals surface area (Å²) in [4.78, 5) is 24.6. The number of unbranched alkanes of at least 4 members (excludes halogenated alkanes) is 2. The molecule has 2 amide bonds. The molecule has 0 aliphatic carbocycles. The minimum absolute atomic E-state index is 0.000118. The maximum absolute atomic E-state index is 12.3. The second kappa shape index (κ2) is 15.5. The van der Waals surface area contributed by atoms with E-state index in [1.807, 2.05) is 66.7 Å². The summed E-state index contributed by atoms with van der Waals surface area (Å²) in [5.41, 5.74) is 5.07. The second-order valence-electron chi connectivity index (χ2n) is 9.74. The third kappa shape index (κ3) is 9.18. The van der Waals surface area contributed by atoms with Gasteiger partial charge in [-0.25, -0.2) is 5.48 Å². The van der Waals surface area contributed by atoms with Crippen LogP contribution in [0.1, 0.15) is 67.6 Å². The number of aliphatic hydroxyl groups excluding tert-OH is 1. The molecule has 0 bridgehead atoms. The van der Waals surface area contributed by atoms with Crippen molar-refractivity contribution in [2.45, 2.75) is 68.5 Å². The van der Waals surface area contributed by atoms with Crippen LogP contribution in [0.3, 0.4) is 0 Å². The molecule has 212 valence electrons. The molecule has 8 nitrogen and oxygen atoms in total. The Hall–Kier alpha value is -3.21. The van der Waals surface area contributed by atoms with Gasteiger partial charge in [-0.05, 0) is 48.2 Å². The van der Waals surface area contributed by atoms with Gasteiger partial charge in [-0.1, -0.05) is 61.0 Å². The lowest BCUT2D eigenvalue weighted by atomic mass is 10.0. The SMILES string of the molecule is O=C(CCCCCC(=O)Nc1ccc([C@@H]2O[C@H](CSc3ccccc3)C[C@H](c3ccc(CO)cc3)O2)cc1)NO. The van der Waals surface area contributed by atoms with Crippen LogP contribution in [0, 0.1) is 0 Å². The number of ether oxygens (including phenoxy) is 2. The predicted molar refractivity (Wildman–Crippen MR) is 154 cm³/mol. The van der Waals surface area contributed by atoms with E-state index in [1.165, 1.54) is 4.90 Å². The molecule has 1 fully saturated rings. The molecule has 1 saturated heterocycles. The Morgan fingerprint density at radius 3 is 2.17 bits per heavy atom. The Kier molecular flexibility index (Phi) is 11.6. The number of aliphatic hydroxyl groups is 1. The van der Waals surface area contributed by atoms with Gasteiger partial charge in [0.05, 0.1) is 18.8 Å². The fourth-order valence-corrected chi connectivity index (χ4v) is 5.42. The number of rotatable bonds is 13. The molecule has 3 atom stereocenters. The van der Waals surface area contributed by atoms with Gasteiger partial charge >= 0.3 is 0 Å². The molecule has 9 heteroatoms. The Balaban J connectivity index is 1.36. The number of hydrogen-bond acceptors (Lipinski definition) is 7. The number of hydrogen-bond donors (Lipinski definition) is 4. The molecule has 0 spiro atoms. The summed E-state index contributed by atoms with van der Waals surface area (Å²) in [6.07, 6.45) is 2.57. The minimum atomic E-state index is -0.557. The molecular weight excluding hydrogens is 528 g/mol. The number of benzene rings is 3. The van der Waals surface area contributed by atoms with Crippen LogP contribution in [-0.4, -0.2) is 34.0 Å². The summed E-state index contributed by atoms with van der Waals surface area (Å²) in [5, 5.41) is 20.9. The van der Waals surface area contributed by atoms with Crippen molar-refractivity contribution in [1.29, 1.82) is 0 Å². The van der Waals surface area contributed by atoms with Crippen molar-refractivity contribution < 1.29 is 29.4 Å². The van der Waals surface area contributed by atoms with Crippen LogP contribution < -0.4 is 10.8 Å². The molecule has 1 heterocycles. The fraction of sp³-hybridized carbons (Fsp3) is 0.355. The highest BCUT2D eigenvalue weighted by molar-refractivity contribution is 7.99. The molecule has 3 aromatic rings. The van der Waals surface area contributed by atoms with E-state index in [2.05, 4.69) is 17.4 Å². The molecule has 40 heavy (non-hydrogen) atoms. The first kappa shape index (κ1) is 29.8. The number of anilines is 1. The van der Waals surface area contributed by atoms with E-state index < -0.39 is 12.2 Å². The average Bonchev–Trinajstić information content (AvgIpc) is 3.00. The van der Waals surface area contributed by atoms with Gasteiger partial charge in [-0.2, -0.15) is 0 Å². The molecule has 0 aromatic heterocycles. The summed E-state index contributed by atoms with van der Waals surface area (Å²) in [7, 11) is 0. The van der Waals surface area contributed by atoms with Gasteiger partial charge < -0.3 is 19.9 Å². The van der Waals surface area contributed by atoms with Gasteiger partial charge in [0.15, 0.2) is 6.29 Å². The summed E-state index contributed by atoms with van der Waals surface area (Å²) in [5.74, 6) is 0.282. The monoisotopic (exact) mass is 564 g/mol. The van der Waals surface area contributed by atoms with Gasteiger partial charge in [-0.15, -0.1) is 11.8 Å². The third-order valence-corrected chi connectivity index (χ3v) is 7.84. The average molecular weight is 565 g/mol. The summed E-state index contributed by atoms with van der Waals surface area (Å²) in [6.45, 7) is 0.000118. The normalized spacial score (nSPS) is 18.7. The molecule has 4 N–H and O–H groups in total. The molecule has 3 aromatic carbocycles. The number of carbonyl (C=O) groups excluding carboxylic acids is 2. The molecule has 0 unspecified atom stereocenters. The molecule has 1 aliphatic heterocycles. The van der Waals surface area contributed by atoms with Crippen molar-refractivity contribution in [2.75, 3.05) is 11.1 Å². The smallest absolute Gasteiger partial charge is 0.243 e. The zero-order valence-corrected chi connectivity index (χ0v) is 23.1. The first-order chi connectivity index (χ1) is 19.5. The van der Waals surface area contributed by atoms with E-state index >= 15 is 0 Å². The van der Waals surface area contributed by atoms with E-state index in [9.17, 15) is 14.7 Å². The van der Waals surface area contributed by atoms with Crippen LogP contribution in [-0.2, 0) is 25.7 Å². The number of hydroxylamine groups is 1. The Bertz CT molecular complexity index is 1210. The van der Waals surface area contributed by atoms with Crippen molar-refractivity contribution in [3.05, 3.63) is 95.6 Å². The summed E-state index contributed by atoms with van der Waals surface area (Å²) >= 11 is 1.76. The Morgan fingerprint density at radius 2 is 1.50 bits per heavy atom. The van der Waals surface area contributed by atoms with Crippen molar-refractivity contribution >= 4 is 29.3 Å². The molecule has 1 aliphatic rings. The van der Waals surface area contributed by atoms with Crippen LogP contribution in [0.2, 0.25) is 0 Å². The van der Waals surface area contributed by atoms with Crippen molar-refractivity contribution in [3.8, 4) is 0 Å². The Morgan fingerprint density at radius 1 is 0.825 bits per heavy atom. The fourth-order valence-electron chi connectivity index (χ4n) is 4.48. The first-order valence-electron chi connectivity index (χ1n) is 13.5. The highest BCUT2D eigenvalue weighted by Gasteiger charge is 2.32. The topological polar surface area (TPSA) is 117 Å². The molecular formula is C31H36N2O6S. The maximum atomic E-state index is 12.3. The lowest BCUT2D eigenvalue weighted by Crippen LogP contribution is -2.31. The van der Waals surface area contributed by atoms with Crippen LogP contribution >= 0.6 is 11.8 Å². The van der Waals surface area contributed by atoms with Crippen LogP contribution in [0.15, 0.2) is 83.8 Å². The van der Waals surface area contributed by atoms with E-state index in [0.717, 1.165) is 28.9 Å². The number of nitrogens with one attached hydrogen (secondary N) is 2. The molecule has 0 radical (unpaired) electrons. The van der Waals surface area contributed by atoms with Crippen LogP contribution in [0.25, 0.3) is 0 Å². The number of amides is 2. The van der Waals surface area contributed by atoms with Crippen LogP contribution in [0.4, 0.5) is 5.69 Å². The number of thioether (sulfide) groups is 1. The largest absolute Gasteiger partial charge is 0.392 e. The highest BCUT2D eigenvalue weighted by atomic mass is 32.2. The number of carbonyl (C=O) groups is 2. The highest BCUT2D eigenvalue weighted by Crippen LogP contribution is 2.39. The summed E-state index contributed by atoms with van der Waals surface area (Å²) in [6, 6.07) is 25.6. The van der Waals surface area contributed by atoms with Gasteiger partial charge in [-0.3, -0.25) is 14.8 Å². The first-order valence-corrected chi connectivity index (χ1v) is 14.5. The molecule has 4 rings (SSSR count). The standard InChI is InChI=1S/C31H36N2O6S/c34-20-22-11-13-23(14-12-22)28-19-26(21-40-27-7-3-1-4-8-27)38-31(39-28)24-15-17-25(18-16-24)32-29(35)9-5-2-6-10-30(36)33-37/h1,3-4,7-8,11-18,26,28,31,34,37H,2,5-6,9-10,19-21H2,(H,32,35)(H,33,36)/t26-,28+,31+/m0/s1. The van der Waals surface area contributed by atoms with E-state index in [4.69, 9.17) is 14.7 Å². The maximum Gasteiger partial charge on any atom is 0.243 e. The lowest BCUT2D eigenvalue weighted by molar-refractivity contribution is -0.245. The Labute approximate surface area is 239 Å². The van der Waals surface area contributed by atoms with Gasteiger partial charge in [0.2, 0.25) is 11.8 Å². The molecule has 0 saturated carbocycles. The van der Waals surface area contributed by atoms with Crippen LogP contribution in [0.5, 0.6) is 0 Å². The van der Waals surface area contributed by atoms with Gasteiger partial charge in [0.25, 0.3) is 0 Å². The van der Waals surface area contributed by atoms with Crippen molar-refractivity contribution in [1.82, 2.24) is 5.48 Å². The van der Waals surface area contributed by atoms with E-state index in [0.29, 0.717) is 31.4 Å². The van der Waals surface area contributed by atoms with E-state index in [1.54, 1.807) is 17.2 Å².